The first kappa shape index (κ1) is 24.3. The van der Waals surface area contributed by atoms with Crippen LogP contribution in [-0.2, 0) is 9.59 Å². The van der Waals surface area contributed by atoms with Gasteiger partial charge in [-0.2, -0.15) is 0 Å². The number of aliphatic hydroxyl groups excluding tert-OH is 4. The van der Waals surface area contributed by atoms with Gasteiger partial charge < -0.3 is 35.7 Å². The first-order chi connectivity index (χ1) is 19.3. The number of benzene rings is 2. The van der Waals surface area contributed by atoms with E-state index in [0.29, 0.717) is 5.56 Å². The van der Waals surface area contributed by atoms with E-state index in [9.17, 15) is 54.9 Å². The number of allylic oxidation sites excluding steroid dienone is 2. The second kappa shape index (κ2) is 6.69. The summed E-state index contributed by atoms with van der Waals surface area (Å²) in [4.78, 5) is 58.0. The number of phenolic OH excluding ortho intramolecular Hbond substituents is 3. The summed E-state index contributed by atoms with van der Waals surface area (Å²) in [7, 11) is 0. The van der Waals surface area contributed by atoms with Gasteiger partial charge in [-0.3, -0.25) is 19.2 Å². The Morgan fingerprint density at radius 2 is 1.12 bits per heavy atom. The summed E-state index contributed by atoms with van der Waals surface area (Å²) in [6.07, 6.45) is -3.54. The van der Waals surface area contributed by atoms with Crippen molar-refractivity contribution in [2.24, 2.45) is 34.5 Å². The SMILES string of the molecule is Cc1cc(O)c2c(c1)C(=O)[C@]13C(=C2O)C(=O)[C@@H]2[C@H](O)[C@H]1[C@@H]1[C@H](O)[C@@H]3C(=O)C3=C(O)c4c(O)cc(C)c(O)c4C(=O)[C@]312. The predicted octanol–water partition coefficient (Wildman–Crippen LogP) is 1.40. The lowest BCUT2D eigenvalue weighted by Crippen LogP contribution is -2.65. The molecule has 0 aromatic heterocycles. The third-order valence-corrected chi connectivity index (χ3v) is 10.6. The lowest BCUT2D eigenvalue weighted by molar-refractivity contribution is -0.142. The number of hydrogen-bond acceptors (Lipinski definition) is 11. The van der Waals surface area contributed by atoms with Crippen molar-refractivity contribution in [3.8, 4) is 17.2 Å². The molecule has 0 aliphatic heterocycles. The van der Waals surface area contributed by atoms with E-state index in [1.165, 1.54) is 19.1 Å². The van der Waals surface area contributed by atoms with Crippen LogP contribution >= 0.6 is 0 Å². The molecular weight excluding hydrogens is 536 g/mol. The number of carbonyl (C=O) groups is 4. The van der Waals surface area contributed by atoms with Gasteiger partial charge in [-0.1, -0.05) is 0 Å². The minimum atomic E-state index is -2.42. The fourth-order valence-corrected chi connectivity index (χ4v) is 9.55. The number of aromatic hydroxyl groups is 3. The molecule has 4 bridgehead atoms. The van der Waals surface area contributed by atoms with Gasteiger partial charge in [0.25, 0.3) is 0 Å². The zero-order valence-corrected chi connectivity index (χ0v) is 21.5. The lowest BCUT2D eigenvalue weighted by Gasteiger charge is -2.53. The molecule has 11 heteroatoms. The molecular formula is C30H22O11. The monoisotopic (exact) mass is 558 g/mol. The highest BCUT2D eigenvalue weighted by Gasteiger charge is 2.90. The van der Waals surface area contributed by atoms with Crippen molar-refractivity contribution < 1.29 is 54.9 Å². The van der Waals surface area contributed by atoms with Gasteiger partial charge in [-0.15, -0.1) is 0 Å². The third-order valence-electron chi connectivity index (χ3n) is 10.6. The second-order valence-corrected chi connectivity index (χ2v) is 12.1. The minimum Gasteiger partial charge on any atom is -0.507 e. The quantitative estimate of drug-likeness (QED) is 0.230. The Morgan fingerprint density at radius 1 is 0.634 bits per heavy atom. The van der Waals surface area contributed by atoms with Crippen molar-refractivity contribution in [3.05, 3.63) is 62.7 Å². The molecule has 0 saturated heterocycles. The molecule has 8 atom stereocenters. The van der Waals surface area contributed by atoms with E-state index in [1.807, 2.05) is 0 Å². The largest absolute Gasteiger partial charge is 0.507 e. The normalized spacial score (nSPS) is 37.5. The van der Waals surface area contributed by atoms with Gasteiger partial charge in [0.1, 0.15) is 28.8 Å². The molecule has 4 fully saturated rings. The average molecular weight is 558 g/mol. The van der Waals surface area contributed by atoms with Gasteiger partial charge in [0.15, 0.2) is 23.1 Å². The summed E-state index contributed by atoms with van der Waals surface area (Å²) in [6, 6.07) is 3.72. The van der Waals surface area contributed by atoms with E-state index in [-0.39, 0.29) is 16.7 Å². The number of phenols is 3. The Balaban J connectivity index is 1.56. The smallest absolute Gasteiger partial charge is 0.179 e. The summed E-state index contributed by atoms with van der Waals surface area (Å²) in [6.45, 7) is 2.96. The van der Waals surface area contributed by atoms with Gasteiger partial charge in [0.2, 0.25) is 0 Å². The average Bonchev–Trinajstić information content (AvgIpc) is 3.24. The van der Waals surface area contributed by atoms with E-state index in [0.717, 1.165) is 6.07 Å². The fourth-order valence-electron chi connectivity index (χ4n) is 9.55. The Kier molecular flexibility index (Phi) is 3.97. The standard InChI is InChI=1S/C30H22O11/c1-6-3-8-11(9(31)4-6)21(34)16-25(38)19-23(36)14-15-24(37)18(29(14,16)27(8)40)26(39)17-22(35)12-10(32)5-7(2)20(33)13(12)28(41)30(15,17)19/h3-5,14-15,18-19,23-24,31-37H,1-2H3/t14-,15-,18-,19+,23-,24+,29+,30+/m1/s1. The maximum absolute atomic E-state index is 14.6. The van der Waals surface area contributed by atoms with Gasteiger partial charge in [-0.05, 0) is 43.2 Å². The van der Waals surface area contributed by atoms with Crippen molar-refractivity contribution in [2.45, 2.75) is 26.1 Å². The van der Waals surface area contributed by atoms with E-state index in [4.69, 9.17) is 0 Å². The molecule has 208 valence electrons. The second-order valence-electron chi connectivity index (χ2n) is 12.1. The highest BCUT2D eigenvalue weighted by Crippen LogP contribution is 2.80. The van der Waals surface area contributed by atoms with E-state index in [1.54, 1.807) is 6.92 Å². The van der Waals surface area contributed by atoms with Crippen LogP contribution in [-0.4, -0.2) is 71.1 Å². The van der Waals surface area contributed by atoms with E-state index < -0.39 is 121 Å². The minimum absolute atomic E-state index is 0.0454. The molecule has 4 saturated carbocycles. The topological polar surface area (TPSA) is 210 Å². The number of rotatable bonds is 0. The molecule has 2 spiro atoms. The summed E-state index contributed by atoms with van der Waals surface area (Å²) in [5.74, 6) is -14.0. The molecule has 2 aromatic rings. The number of carbonyl (C=O) groups excluding carboxylic acids is 4. The van der Waals surface area contributed by atoms with Crippen molar-refractivity contribution in [3.63, 3.8) is 0 Å². The molecule has 6 aliphatic carbocycles. The molecule has 0 radical (unpaired) electrons. The molecule has 0 heterocycles. The van der Waals surface area contributed by atoms with Gasteiger partial charge >= 0.3 is 0 Å². The van der Waals surface area contributed by atoms with Crippen LogP contribution in [0, 0.1) is 48.3 Å². The van der Waals surface area contributed by atoms with Crippen molar-refractivity contribution >= 4 is 34.7 Å². The van der Waals surface area contributed by atoms with Crippen LogP contribution in [0.15, 0.2) is 29.3 Å². The molecule has 0 amide bonds. The Labute approximate surface area is 230 Å². The number of aryl methyl sites for hydroxylation is 2. The number of Topliss-reactive ketones (excluding diaryl/α,β-unsaturated/α-hetero) is 4. The van der Waals surface area contributed by atoms with Crippen LogP contribution in [0.5, 0.6) is 17.2 Å². The Bertz CT molecular complexity index is 1860. The molecule has 0 unspecified atom stereocenters. The number of hydrogen-bond donors (Lipinski definition) is 7. The number of fused-ring (bicyclic) bond motifs is 4. The Hall–Kier alpha value is -4.48. The van der Waals surface area contributed by atoms with Crippen molar-refractivity contribution in [1.82, 2.24) is 0 Å². The fraction of sp³-hybridized carbons (Fsp3) is 0.333. The van der Waals surface area contributed by atoms with Crippen LogP contribution in [0.4, 0.5) is 0 Å². The maximum Gasteiger partial charge on any atom is 0.179 e. The zero-order chi connectivity index (χ0) is 29.4. The van der Waals surface area contributed by atoms with Crippen LogP contribution in [0.1, 0.15) is 43.0 Å². The van der Waals surface area contributed by atoms with Crippen LogP contribution < -0.4 is 0 Å². The summed E-state index contributed by atoms with van der Waals surface area (Å²) < 4.78 is 0. The Morgan fingerprint density at radius 3 is 1.68 bits per heavy atom. The first-order valence-corrected chi connectivity index (χ1v) is 13.1. The molecule has 8 rings (SSSR count). The van der Waals surface area contributed by atoms with Crippen LogP contribution in [0.3, 0.4) is 0 Å². The molecule has 7 N–H and O–H groups in total. The molecule has 2 aromatic carbocycles. The zero-order valence-electron chi connectivity index (χ0n) is 21.5. The molecule has 11 nitrogen and oxygen atoms in total. The van der Waals surface area contributed by atoms with Crippen molar-refractivity contribution in [2.75, 3.05) is 0 Å². The van der Waals surface area contributed by atoms with Gasteiger partial charge in [0, 0.05) is 17.4 Å². The molecule has 41 heavy (non-hydrogen) atoms. The van der Waals surface area contributed by atoms with E-state index >= 15 is 0 Å². The van der Waals surface area contributed by atoms with E-state index in [2.05, 4.69) is 0 Å². The maximum atomic E-state index is 14.6. The summed E-state index contributed by atoms with van der Waals surface area (Å²) in [5.41, 5.74) is -7.12. The summed E-state index contributed by atoms with van der Waals surface area (Å²) in [5, 5.41) is 78.8. The van der Waals surface area contributed by atoms with Gasteiger partial charge in [-0.25, -0.2) is 0 Å². The predicted molar refractivity (Wildman–Crippen MR) is 136 cm³/mol. The number of ketones is 4. The van der Waals surface area contributed by atoms with Crippen LogP contribution in [0.2, 0.25) is 0 Å². The molecule has 6 aliphatic rings. The lowest BCUT2D eigenvalue weighted by atomic mass is 9.46. The highest BCUT2D eigenvalue weighted by molar-refractivity contribution is 6.31. The highest BCUT2D eigenvalue weighted by atomic mass is 16.3. The first-order valence-electron chi connectivity index (χ1n) is 13.1. The third kappa shape index (κ3) is 2.05. The van der Waals surface area contributed by atoms with Gasteiger partial charge in [0.05, 0.1) is 62.7 Å². The number of aliphatic hydroxyl groups is 4. The summed E-state index contributed by atoms with van der Waals surface area (Å²) >= 11 is 0. The van der Waals surface area contributed by atoms with Crippen LogP contribution in [0.25, 0.3) is 11.5 Å². The van der Waals surface area contributed by atoms with Crippen molar-refractivity contribution in [1.29, 1.82) is 0 Å².